The van der Waals surface area contributed by atoms with Crippen molar-refractivity contribution in [3.8, 4) is 0 Å². The van der Waals surface area contributed by atoms with Crippen molar-refractivity contribution in [1.29, 1.82) is 0 Å². The van der Waals surface area contributed by atoms with Gasteiger partial charge in [0, 0.05) is 18.4 Å². The first kappa shape index (κ1) is 13.8. The highest BCUT2D eigenvalue weighted by Gasteiger charge is 2.36. The Morgan fingerprint density at radius 1 is 1.10 bits per heavy atom. The lowest BCUT2D eigenvalue weighted by atomic mass is 9.78. The lowest BCUT2D eigenvalue weighted by molar-refractivity contribution is -0.127. The number of hydrogen-bond donors (Lipinski definition) is 0. The summed E-state index contributed by atoms with van der Waals surface area (Å²) in [5.74, 6) is 0.722. The molecule has 2 unspecified atom stereocenters. The van der Waals surface area contributed by atoms with Gasteiger partial charge in [-0.2, -0.15) is 0 Å². The number of ketones is 1. The maximum atomic E-state index is 12.5. The minimum Gasteiger partial charge on any atom is -0.299 e. The molecular formula is C18H25NO. The zero-order valence-corrected chi connectivity index (χ0v) is 12.5. The van der Waals surface area contributed by atoms with Crippen LogP contribution in [-0.4, -0.2) is 23.8 Å². The average Bonchev–Trinajstić information content (AvgIpc) is 2.97. The Balaban J connectivity index is 1.95. The third kappa shape index (κ3) is 2.67. The van der Waals surface area contributed by atoms with Gasteiger partial charge < -0.3 is 0 Å². The minimum absolute atomic E-state index is 0.225. The summed E-state index contributed by atoms with van der Waals surface area (Å²) in [4.78, 5) is 15.0. The molecule has 2 nitrogen and oxygen atoms in total. The Hall–Kier alpha value is -1.15. The predicted octanol–water partition coefficient (Wildman–Crippen LogP) is 3.89. The summed E-state index contributed by atoms with van der Waals surface area (Å²) >= 11 is 0. The van der Waals surface area contributed by atoms with E-state index in [0.717, 1.165) is 32.4 Å². The monoisotopic (exact) mass is 271 g/mol. The normalized spacial score (nSPS) is 25.9. The number of benzene rings is 1. The molecule has 3 rings (SSSR count). The van der Waals surface area contributed by atoms with Gasteiger partial charge in [0.25, 0.3) is 0 Å². The van der Waals surface area contributed by atoms with Gasteiger partial charge in [0.15, 0.2) is 0 Å². The molecule has 0 radical (unpaired) electrons. The van der Waals surface area contributed by atoms with Crippen molar-refractivity contribution in [1.82, 2.24) is 4.90 Å². The van der Waals surface area contributed by atoms with Crippen molar-refractivity contribution in [2.45, 2.75) is 51.5 Å². The molecule has 108 valence electrons. The number of likely N-dealkylation sites (tertiary alicyclic amines) is 1. The molecule has 0 N–H and O–H groups in total. The van der Waals surface area contributed by atoms with E-state index < -0.39 is 0 Å². The third-order valence-corrected chi connectivity index (χ3v) is 5.02. The summed E-state index contributed by atoms with van der Waals surface area (Å²) in [7, 11) is 0. The fourth-order valence-corrected chi connectivity index (χ4v) is 3.95. The fourth-order valence-electron chi connectivity index (χ4n) is 3.95. The van der Waals surface area contributed by atoms with Gasteiger partial charge in [-0.25, -0.2) is 0 Å². The van der Waals surface area contributed by atoms with Gasteiger partial charge in [0.1, 0.15) is 5.78 Å². The molecule has 1 aromatic carbocycles. The van der Waals surface area contributed by atoms with Crippen molar-refractivity contribution >= 4 is 5.78 Å². The van der Waals surface area contributed by atoms with Crippen molar-refractivity contribution in [2.24, 2.45) is 5.92 Å². The Kier molecular flexibility index (Phi) is 4.21. The molecule has 1 aromatic rings. The molecule has 0 bridgehead atoms. The molecule has 1 saturated carbocycles. The number of aryl methyl sites for hydroxylation is 1. The number of hydrogen-bond acceptors (Lipinski definition) is 2. The molecule has 1 aliphatic heterocycles. The van der Waals surface area contributed by atoms with E-state index in [9.17, 15) is 4.79 Å². The first-order valence-electron chi connectivity index (χ1n) is 8.09. The molecular weight excluding hydrogens is 246 g/mol. The standard InChI is InChI=1S/C18H25NO/c1-14-8-2-3-9-15(14)18(19-12-6-7-13-19)16-10-4-5-11-17(16)20/h2-3,8-9,16,18H,4-7,10-13H2,1H3. The highest BCUT2D eigenvalue weighted by Crippen LogP contribution is 2.39. The first-order chi connectivity index (χ1) is 9.77. The second-order valence-electron chi connectivity index (χ2n) is 6.36. The van der Waals surface area contributed by atoms with Crippen molar-refractivity contribution in [2.75, 3.05) is 13.1 Å². The van der Waals surface area contributed by atoms with Crippen LogP contribution >= 0.6 is 0 Å². The Labute approximate surface area is 122 Å². The molecule has 1 saturated heterocycles. The smallest absolute Gasteiger partial charge is 0.137 e. The molecule has 2 fully saturated rings. The van der Waals surface area contributed by atoms with E-state index in [-0.39, 0.29) is 5.92 Å². The van der Waals surface area contributed by atoms with E-state index in [1.807, 2.05) is 0 Å². The molecule has 2 aliphatic rings. The van der Waals surface area contributed by atoms with Crippen LogP contribution in [0.4, 0.5) is 0 Å². The lowest BCUT2D eigenvalue weighted by Gasteiger charge is -2.36. The summed E-state index contributed by atoms with van der Waals surface area (Å²) in [6.07, 6.45) is 6.74. The number of nitrogens with zero attached hydrogens (tertiary/aromatic N) is 1. The van der Waals surface area contributed by atoms with Crippen LogP contribution in [0, 0.1) is 12.8 Å². The molecule has 20 heavy (non-hydrogen) atoms. The van der Waals surface area contributed by atoms with Crippen LogP contribution in [0.25, 0.3) is 0 Å². The maximum absolute atomic E-state index is 12.5. The Morgan fingerprint density at radius 2 is 1.85 bits per heavy atom. The second kappa shape index (κ2) is 6.09. The SMILES string of the molecule is Cc1ccccc1C(C1CCCCC1=O)N1CCCC1. The van der Waals surface area contributed by atoms with Crippen LogP contribution in [0.3, 0.4) is 0 Å². The van der Waals surface area contributed by atoms with Gasteiger partial charge in [0.05, 0.1) is 0 Å². The fraction of sp³-hybridized carbons (Fsp3) is 0.611. The van der Waals surface area contributed by atoms with E-state index in [2.05, 4.69) is 36.1 Å². The Morgan fingerprint density at radius 3 is 2.55 bits per heavy atom. The van der Waals surface area contributed by atoms with Gasteiger partial charge in [-0.15, -0.1) is 0 Å². The molecule has 1 aliphatic carbocycles. The molecule has 0 aromatic heterocycles. The maximum Gasteiger partial charge on any atom is 0.137 e. The van der Waals surface area contributed by atoms with Crippen LogP contribution in [0.1, 0.15) is 55.7 Å². The molecule has 1 heterocycles. The van der Waals surface area contributed by atoms with Crippen LogP contribution in [0.2, 0.25) is 0 Å². The van der Waals surface area contributed by atoms with E-state index in [1.165, 1.54) is 30.4 Å². The van der Waals surface area contributed by atoms with Gasteiger partial charge >= 0.3 is 0 Å². The van der Waals surface area contributed by atoms with Crippen LogP contribution < -0.4 is 0 Å². The van der Waals surface area contributed by atoms with Crippen molar-refractivity contribution in [3.05, 3.63) is 35.4 Å². The van der Waals surface area contributed by atoms with E-state index >= 15 is 0 Å². The topological polar surface area (TPSA) is 20.3 Å². The van der Waals surface area contributed by atoms with Crippen molar-refractivity contribution in [3.63, 3.8) is 0 Å². The lowest BCUT2D eigenvalue weighted by Crippen LogP contribution is -2.37. The van der Waals surface area contributed by atoms with Crippen LogP contribution in [0.5, 0.6) is 0 Å². The molecule has 0 amide bonds. The minimum atomic E-state index is 0.225. The highest BCUT2D eigenvalue weighted by molar-refractivity contribution is 5.82. The first-order valence-corrected chi connectivity index (χ1v) is 8.09. The van der Waals surface area contributed by atoms with E-state index in [1.54, 1.807) is 0 Å². The van der Waals surface area contributed by atoms with Gasteiger partial charge in [-0.1, -0.05) is 30.7 Å². The number of rotatable bonds is 3. The summed E-state index contributed by atoms with van der Waals surface area (Å²) in [6.45, 7) is 4.50. The van der Waals surface area contributed by atoms with E-state index in [0.29, 0.717) is 11.8 Å². The zero-order chi connectivity index (χ0) is 13.9. The number of Topliss-reactive ketones (excluding diaryl/α,β-unsaturated/α-hetero) is 1. The summed E-state index contributed by atoms with van der Waals surface area (Å²) in [6, 6.07) is 8.97. The van der Waals surface area contributed by atoms with Gasteiger partial charge in [-0.3, -0.25) is 9.69 Å². The predicted molar refractivity (Wildman–Crippen MR) is 81.7 cm³/mol. The second-order valence-corrected chi connectivity index (χ2v) is 6.36. The average molecular weight is 271 g/mol. The number of carbonyl (C=O) groups is 1. The van der Waals surface area contributed by atoms with Gasteiger partial charge in [0.2, 0.25) is 0 Å². The summed E-state index contributed by atoms with van der Waals surface area (Å²) in [5.41, 5.74) is 2.72. The number of carbonyl (C=O) groups excluding carboxylic acids is 1. The van der Waals surface area contributed by atoms with Crippen LogP contribution in [-0.2, 0) is 4.79 Å². The highest BCUT2D eigenvalue weighted by atomic mass is 16.1. The third-order valence-electron chi connectivity index (χ3n) is 5.02. The quantitative estimate of drug-likeness (QED) is 0.831. The zero-order valence-electron chi connectivity index (χ0n) is 12.5. The summed E-state index contributed by atoms with van der Waals surface area (Å²) in [5, 5.41) is 0. The molecule has 0 spiro atoms. The largest absolute Gasteiger partial charge is 0.299 e. The van der Waals surface area contributed by atoms with Crippen LogP contribution in [0.15, 0.2) is 24.3 Å². The van der Waals surface area contributed by atoms with Gasteiger partial charge in [-0.05, 0) is 56.8 Å². The van der Waals surface area contributed by atoms with E-state index in [4.69, 9.17) is 0 Å². The van der Waals surface area contributed by atoms with Crippen molar-refractivity contribution < 1.29 is 4.79 Å². The molecule has 2 atom stereocenters. The Bertz CT molecular complexity index is 476. The molecule has 2 heteroatoms. The summed E-state index contributed by atoms with van der Waals surface area (Å²) < 4.78 is 0.